The number of fused-ring (bicyclic) bond motifs is 5. The summed E-state index contributed by atoms with van der Waals surface area (Å²) in [5, 5.41) is 15.0. The normalized spacial score (nSPS) is 46.7. The minimum Gasteiger partial charge on any atom is -0.390 e. The predicted molar refractivity (Wildman–Crippen MR) is 126 cm³/mol. The third-order valence-electron chi connectivity index (χ3n) is 11.0. The molecule has 6 rings (SSSR count). The van der Waals surface area contributed by atoms with Crippen molar-refractivity contribution in [3.8, 4) is 0 Å². The van der Waals surface area contributed by atoms with Crippen LogP contribution in [0.2, 0.25) is 0 Å². The first-order valence-corrected chi connectivity index (χ1v) is 13.4. The van der Waals surface area contributed by atoms with Gasteiger partial charge < -0.3 is 5.11 Å². The third-order valence-corrected chi connectivity index (χ3v) is 11.0. The standard InChI is InChI=1S/C28H39N3O2/c1-27(33)10-8-20-18(13-27)6-7-22-21(20)9-11-28(2)24(12-23(26(22)28)17-4-5-17)25(32)16-31-15-19(29-3)14-30-31/h14-15,17-18,20-24,26,33H,4-13,16H2,1-2H3/t18-,20+,21-,22-,23+,24-,26-,27-,28-/m1/s1. The molecule has 5 saturated carbocycles. The van der Waals surface area contributed by atoms with E-state index in [1.165, 1.54) is 44.9 Å². The van der Waals surface area contributed by atoms with E-state index in [2.05, 4.69) is 16.9 Å². The van der Waals surface area contributed by atoms with Gasteiger partial charge in [0.2, 0.25) is 5.69 Å². The second-order valence-electron chi connectivity index (χ2n) is 12.9. The SMILES string of the molecule is [C-]#[N+]c1cnn(CC(=O)[C@H]2C[C@@H](C3CC3)[C@H]3[C@@H]4CC[C@@H]5C[C@](C)(O)CC[C@@H]5[C@H]4CC[C@@]32C)c1. The Labute approximate surface area is 198 Å². The van der Waals surface area contributed by atoms with Crippen molar-refractivity contribution in [2.24, 2.45) is 52.8 Å². The van der Waals surface area contributed by atoms with E-state index in [0.717, 1.165) is 48.9 Å². The molecule has 0 bridgehead atoms. The first kappa shape index (κ1) is 21.8. The lowest BCUT2D eigenvalue weighted by Crippen LogP contribution is -2.52. The molecular formula is C28H39N3O2. The Hall–Kier alpha value is -1.67. The molecule has 178 valence electrons. The van der Waals surface area contributed by atoms with E-state index in [-0.39, 0.29) is 11.3 Å². The van der Waals surface area contributed by atoms with E-state index in [0.29, 0.717) is 29.9 Å². The van der Waals surface area contributed by atoms with Crippen molar-refractivity contribution in [3.63, 3.8) is 0 Å². The maximum absolute atomic E-state index is 13.7. The van der Waals surface area contributed by atoms with Crippen LogP contribution in [0.1, 0.15) is 78.1 Å². The highest BCUT2D eigenvalue weighted by atomic mass is 16.3. The number of rotatable bonds is 4. The fourth-order valence-corrected chi connectivity index (χ4v) is 9.53. The summed E-state index contributed by atoms with van der Waals surface area (Å²) in [6, 6.07) is 0. The van der Waals surface area contributed by atoms with Crippen molar-refractivity contribution >= 4 is 11.5 Å². The number of hydrogen-bond donors (Lipinski definition) is 1. The highest BCUT2D eigenvalue weighted by molar-refractivity contribution is 5.82. The molecule has 1 aromatic rings. The Morgan fingerprint density at radius 1 is 1.09 bits per heavy atom. The van der Waals surface area contributed by atoms with Crippen LogP contribution >= 0.6 is 0 Å². The van der Waals surface area contributed by atoms with Crippen molar-refractivity contribution in [1.29, 1.82) is 0 Å². The number of carbonyl (C=O) groups is 1. The summed E-state index contributed by atoms with van der Waals surface area (Å²) < 4.78 is 1.68. The molecule has 5 aliphatic carbocycles. The minimum atomic E-state index is -0.460. The van der Waals surface area contributed by atoms with Gasteiger partial charge in [0, 0.05) is 12.1 Å². The van der Waals surface area contributed by atoms with Crippen LogP contribution < -0.4 is 0 Å². The number of ketones is 1. The topological polar surface area (TPSA) is 59.5 Å². The predicted octanol–water partition coefficient (Wildman–Crippen LogP) is 5.66. The molecule has 0 saturated heterocycles. The zero-order valence-electron chi connectivity index (χ0n) is 20.2. The molecule has 0 unspecified atom stereocenters. The van der Waals surface area contributed by atoms with Crippen molar-refractivity contribution in [2.45, 2.75) is 90.2 Å². The van der Waals surface area contributed by atoms with Crippen molar-refractivity contribution in [2.75, 3.05) is 0 Å². The van der Waals surface area contributed by atoms with E-state index in [1.807, 2.05) is 6.92 Å². The second kappa shape index (κ2) is 7.67. The van der Waals surface area contributed by atoms with Gasteiger partial charge in [0.15, 0.2) is 5.78 Å². The average molecular weight is 450 g/mol. The number of aromatic nitrogens is 2. The van der Waals surface area contributed by atoms with E-state index in [4.69, 9.17) is 6.57 Å². The molecule has 0 aromatic carbocycles. The van der Waals surface area contributed by atoms with E-state index < -0.39 is 5.60 Å². The van der Waals surface area contributed by atoms with Gasteiger partial charge in [-0.2, -0.15) is 5.10 Å². The fraction of sp³-hybridized carbons (Fsp3) is 0.821. The van der Waals surface area contributed by atoms with Gasteiger partial charge in [0.05, 0.1) is 24.9 Å². The zero-order valence-corrected chi connectivity index (χ0v) is 20.2. The largest absolute Gasteiger partial charge is 0.390 e. The molecule has 0 amide bonds. The molecule has 5 heteroatoms. The van der Waals surface area contributed by atoms with Crippen LogP contribution in [0.25, 0.3) is 4.85 Å². The van der Waals surface area contributed by atoms with Gasteiger partial charge in [0.1, 0.15) is 0 Å². The van der Waals surface area contributed by atoms with Crippen LogP contribution in [-0.4, -0.2) is 26.3 Å². The Balaban J connectivity index is 1.25. The number of hydrogen-bond acceptors (Lipinski definition) is 3. The van der Waals surface area contributed by atoms with Crippen LogP contribution in [0.5, 0.6) is 0 Å². The highest BCUT2D eigenvalue weighted by Crippen LogP contribution is 2.69. The lowest BCUT2D eigenvalue weighted by atomic mass is 9.48. The Morgan fingerprint density at radius 3 is 2.58 bits per heavy atom. The molecular weight excluding hydrogens is 410 g/mol. The van der Waals surface area contributed by atoms with Gasteiger partial charge in [-0.25, -0.2) is 4.85 Å². The van der Waals surface area contributed by atoms with Crippen LogP contribution in [0.3, 0.4) is 0 Å². The summed E-state index contributed by atoms with van der Waals surface area (Å²) in [7, 11) is 0. The van der Waals surface area contributed by atoms with E-state index in [9.17, 15) is 9.90 Å². The van der Waals surface area contributed by atoms with Gasteiger partial charge in [-0.1, -0.05) is 6.92 Å². The van der Waals surface area contributed by atoms with Crippen LogP contribution in [0, 0.1) is 59.3 Å². The van der Waals surface area contributed by atoms with Crippen molar-refractivity contribution in [3.05, 3.63) is 23.8 Å². The number of aliphatic hydroxyl groups is 1. The summed E-state index contributed by atoms with van der Waals surface area (Å²) in [5.41, 5.74) is 0.171. The Kier molecular flexibility index (Phi) is 5.07. The lowest BCUT2D eigenvalue weighted by molar-refractivity contribution is -0.134. The number of Topliss-reactive ketones (excluding diaryl/α,β-unsaturated/α-hetero) is 1. The molecule has 0 spiro atoms. The monoisotopic (exact) mass is 449 g/mol. The summed E-state index contributed by atoms with van der Waals surface area (Å²) >= 11 is 0. The van der Waals surface area contributed by atoms with E-state index >= 15 is 0 Å². The van der Waals surface area contributed by atoms with E-state index in [1.54, 1.807) is 17.1 Å². The highest BCUT2D eigenvalue weighted by Gasteiger charge is 2.63. The minimum absolute atomic E-state index is 0.119. The van der Waals surface area contributed by atoms with Gasteiger partial charge in [-0.05, 0) is 118 Å². The molecule has 5 nitrogen and oxygen atoms in total. The van der Waals surface area contributed by atoms with Crippen LogP contribution in [0.15, 0.2) is 12.4 Å². The van der Waals surface area contributed by atoms with Crippen LogP contribution in [-0.2, 0) is 11.3 Å². The molecule has 1 N–H and O–H groups in total. The first-order chi connectivity index (χ1) is 15.8. The summed E-state index contributed by atoms with van der Waals surface area (Å²) in [4.78, 5) is 17.1. The van der Waals surface area contributed by atoms with Gasteiger partial charge in [0.25, 0.3) is 0 Å². The molecule has 0 aliphatic heterocycles. The summed E-state index contributed by atoms with van der Waals surface area (Å²) in [6.07, 6.45) is 15.3. The quantitative estimate of drug-likeness (QED) is 0.604. The fourth-order valence-electron chi connectivity index (χ4n) is 9.53. The molecule has 1 heterocycles. The molecule has 5 aliphatic rings. The second-order valence-corrected chi connectivity index (χ2v) is 12.9. The molecule has 33 heavy (non-hydrogen) atoms. The lowest BCUT2D eigenvalue weighted by Gasteiger charge is -2.57. The zero-order chi connectivity index (χ0) is 23.0. The molecule has 1 aromatic heterocycles. The van der Waals surface area contributed by atoms with Crippen LogP contribution in [0.4, 0.5) is 5.69 Å². The molecule has 9 atom stereocenters. The average Bonchev–Trinajstić information content (AvgIpc) is 3.43. The number of nitrogens with zero attached hydrogens (tertiary/aromatic N) is 3. The third kappa shape index (κ3) is 3.59. The van der Waals surface area contributed by atoms with Crippen molar-refractivity contribution < 1.29 is 9.90 Å². The van der Waals surface area contributed by atoms with Gasteiger partial charge in [-0.15, -0.1) is 0 Å². The maximum atomic E-state index is 13.7. The summed E-state index contributed by atoms with van der Waals surface area (Å²) in [6.45, 7) is 12.0. The Bertz CT molecular complexity index is 972. The van der Waals surface area contributed by atoms with Gasteiger partial charge >= 0.3 is 0 Å². The maximum Gasteiger partial charge on any atom is 0.224 e. The molecule has 0 radical (unpaired) electrons. The van der Waals surface area contributed by atoms with Crippen molar-refractivity contribution in [1.82, 2.24) is 9.78 Å². The smallest absolute Gasteiger partial charge is 0.224 e. The summed E-state index contributed by atoms with van der Waals surface area (Å²) in [5.74, 6) is 5.80. The first-order valence-electron chi connectivity index (χ1n) is 13.4. The number of carbonyl (C=O) groups excluding carboxylic acids is 1. The van der Waals surface area contributed by atoms with Gasteiger partial charge in [-0.3, -0.25) is 9.48 Å². The Morgan fingerprint density at radius 2 is 1.85 bits per heavy atom. The molecule has 5 fully saturated rings.